The number of furan rings is 1. The number of anilines is 1. The number of aryl methyl sites for hydroxylation is 1. The lowest BCUT2D eigenvalue weighted by Gasteiger charge is -2.36. The van der Waals surface area contributed by atoms with Gasteiger partial charge in [-0.25, -0.2) is 0 Å². The van der Waals surface area contributed by atoms with E-state index in [1.807, 2.05) is 35.2 Å². The van der Waals surface area contributed by atoms with E-state index in [-0.39, 0.29) is 5.91 Å². The Labute approximate surface area is 220 Å². The van der Waals surface area contributed by atoms with E-state index in [0.29, 0.717) is 24.9 Å². The molecule has 37 heavy (non-hydrogen) atoms. The fourth-order valence-electron chi connectivity index (χ4n) is 5.74. The molecule has 6 heteroatoms. The second kappa shape index (κ2) is 11.9. The van der Waals surface area contributed by atoms with Gasteiger partial charge in [0.25, 0.3) is 5.91 Å². The molecule has 2 heterocycles. The van der Waals surface area contributed by atoms with Crippen molar-refractivity contribution in [3.05, 3.63) is 83.3 Å². The van der Waals surface area contributed by atoms with Crippen LogP contribution in [-0.2, 0) is 13.1 Å². The number of nitrogens with zero attached hydrogens (tertiary/aromatic N) is 3. The summed E-state index contributed by atoms with van der Waals surface area (Å²) in [5.74, 6) is 2.16. The summed E-state index contributed by atoms with van der Waals surface area (Å²) in [6.07, 6.45) is 6.37. The number of ether oxygens (including phenoxy) is 1. The molecule has 5 rings (SSSR count). The summed E-state index contributed by atoms with van der Waals surface area (Å²) < 4.78 is 11.7. The zero-order chi connectivity index (χ0) is 25.6. The van der Waals surface area contributed by atoms with E-state index in [4.69, 9.17) is 9.15 Å². The Hall–Kier alpha value is -3.25. The molecular formula is C31H39N3O3. The Kier molecular flexibility index (Phi) is 8.15. The highest BCUT2D eigenvalue weighted by atomic mass is 16.5. The predicted octanol–water partition coefficient (Wildman–Crippen LogP) is 5.89. The Morgan fingerprint density at radius 2 is 1.65 bits per heavy atom. The maximum Gasteiger partial charge on any atom is 0.289 e. The number of carbonyl (C=O) groups excluding carboxylic acids is 1. The van der Waals surface area contributed by atoms with Crippen LogP contribution in [0.5, 0.6) is 5.75 Å². The van der Waals surface area contributed by atoms with Gasteiger partial charge in [-0.2, -0.15) is 0 Å². The number of carbonyl (C=O) groups is 1. The summed E-state index contributed by atoms with van der Waals surface area (Å²) >= 11 is 0. The molecule has 196 valence electrons. The molecule has 1 aromatic heterocycles. The summed E-state index contributed by atoms with van der Waals surface area (Å²) in [6.45, 7) is 6.69. The molecule has 1 aliphatic carbocycles. The Bertz CT molecular complexity index is 1180. The lowest BCUT2D eigenvalue weighted by atomic mass is 9.93. The van der Waals surface area contributed by atoms with Gasteiger partial charge in [0.05, 0.1) is 19.3 Å². The second-order valence-corrected chi connectivity index (χ2v) is 10.3. The highest BCUT2D eigenvalue weighted by Crippen LogP contribution is 2.29. The Balaban J connectivity index is 1.23. The Morgan fingerprint density at radius 1 is 0.919 bits per heavy atom. The third-order valence-corrected chi connectivity index (χ3v) is 7.95. The average Bonchev–Trinajstić information content (AvgIpc) is 3.42. The molecule has 0 bridgehead atoms. The maximum atomic E-state index is 13.3. The number of rotatable bonds is 8. The number of methoxy groups -OCH3 is 1. The number of piperazine rings is 1. The molecule has 0 atom stereocenters. The topological polar surface area (TPSA) is 49.2 Å². The molecular weight excluding hydrogens is 462 g/mol. The van der Waals surface area contributed by atoms with Crippen LogP contribution in [-0.4, -0.2) is 55.0 Å². The van der Waals surface area contributed by atoms with Crippen LogP contribution in [0.15, 0.2) is 65.1 Å². The lowest BCUT2D eigenvalue weighted by molar-refractivity contribution is 0.0707. The van der Waals surface area contributed by atoms with Crippen LogP contribution >= 0.6 is 0 Å². The molecule has 2 fully saturated rings. The number of hydrogen-bond acceptors (Lipinski definition) is 5. The van der Waals surface area contributed by atoms with Gasteiger partial charge in [-0.3, -0.25) is 9.69 Å². The molecule has 0 radical (unpaired) electrons. The number of benzene rings is 2. The zero-order valence-electron chi connectivity index (χ0n) is 22.2. The summed E-state index contributed by atoms with van der Waals surface area (Å²) in [5, 5.41) is 0. The van der Waals surface area contributed by atoms with E-state index in [1.54, 1.807) is 7.11 Å². The molecule has 6 nitrogen and oxygen atoms in total. The molecule has 1 saturated carbocycles. The monoisotopic (exact) mass is 501 g/mol. The normalized spacial score (nSPS) is 16.8. The maximum absolute atomic E-state index is 13.3. The van der Waals surface area contributed by atoms with Gasteiger partial charge in [0.2, 0.25) is 0 Å². The molecule has 2 aliphatic rings. The summed E-state index contributed by atoms with van der Waals surface area (Å²) in [7, 11) is 1.70. The molecule has 2 aromatic carbocycles. The first-order chi connectivity index (χ1) is 18.1. The summed E-state index contributed by atoms with van der Waals surface area (Å²) in [6, 6.07) is 21.1. The van der Waals surface area contributed by atoms with E-state index in [2.05, 4.69) is 47.1 Å². The summed E-state index contributed by atoms with van der Waals surface area (Å²) in [4.78, 5) is 20.0. The molecule has 0 unspecified atom stereocenters. The number of amides is 1. The first-order valence-electron chi connectivity index (χ1n) is 13.7. The zero-order valence-corrected chi connectivity index (χ0v) is 22.2. The van der Waals surface area contributed by atoms with Gasteiger partial charge in [-0.15, -0.1) is 0 Å². The van der Waals surface area contributed by atoms with E-state index in [9.17, 15) is 4.79 Å². The van der Waals surface area contributed by atoms with Gasteiger partial charge in [-0.1, -0.05) is 55.7 Å². The van der Waals surface area contributed by atoms with Gasteiger partial charge in [0.1, 0.15) is 11.5 Å². The highest BCUT2D eigenvalue weighted by molar-refractivity contribution is 5.91. The molecule has 1 amide bonds. The van der Waals surface area contributed by atoms with Crippen molar-refractivity contribution in [1.82, 2.24) is 9.80 Å². The third-order valence-electron chi connectivity index (χ3n) is 7.95. The minimum absolute atomic E-state index is 0.0194. The standard InChI is InChI=1S/C31H39N3O3/c1-24-10-6-7-11-25(24)22-34(26-12-4-3-5-13-26)23-27-16-17-30(37-27)31(35)33-20-18-32(19-21-33)28-14-8-9-15-29(28)36-2/h6-11,14-17,26H,3-5,12-13,18-23H2,1-2H3. The van der Waals surface area contributed by atoms with Gasteiger partial charge >= 0.3 is 0 Å². The van der Waals surface area contributed by atoms with Crippen LogP contribution in [0.4, 0.5) is 5.69 Å². The molecule has 1 aliphatic heterocycles. The van der Waals surface area contributed by atoms with Gasteiger partial charge < -0.3 is 19.0 Å². The summed E-state index contributed by atoms with van der Waals surface area (Å²) in [5.41, 5.74) is 3.77. The van der Waals surface area contributed by atoms with Crippen LogP contribution in [0, 0.1) is 6.92 Å². The van der Waals surface area contributed by atoms with Crippen LogP contribution in [0.3, 0.4) is 0 Å². The number of para-hydroxylation sites is 2. The lowest BCUT2D eigenvalue weighted by Crippen LogP contribution is -2.48. The quantitative estimate of drug-likeness (QED) is 0.385. The second-order valence-electron chi connectivity index (χ2n) is 10.3. The molecule has 1 saturated heterocycles. The largest absolute Gasteiger partial charge is 0.495 e. The minimum Gasteiger partial charge on any atom is -0.495 e. The third kappa shape index (κ3) is 6.02. The van der Waals surface area contributed by atoms with E-state index < -0.39 is 0 Å². The first kappa shape index (κ1) is 25.4. The van der Waals surface area contributed by atoms with E-state index >= 15 is 0 Å². The van der Waals surface area contributed by atoms with Crippen LogP contribution in [0.1, 0.15) is 59.5 Å². The number of hydrogen-bond donors (Lipinski definition) is 0. The first-order valence-corrected chi connectivity index (χ1v) is 13.7. The van der Waals surface area contributed by atoms with Crippen LogP contribution in [0.25, 0.3) is 0 Å². The minimum atomic E-state index is -0.0194. The van der Waals surface area contributed by atoms with Crippen LogP contribution in [0.2, 0.25) is 0 Å². The van der Waals surface area contributed by atoms with Gasteiger partial charge in [-0.05, 0) is 55.2 Å². The SMILES string of the molecule is COc1ccccc1N1CCN(C(=O)c2ccc(CN(Cc3ccccc3C)C3CCCCC3)o2)CC1. The average molecular weight is 502 g/mol. The highest BCUT2D eigenvalue weighted by Gasteiger charge is 2.27. The smallest absolute Gasteiger partial charge is 0.289 e. The van der Waals surface area contributed by atoms with Crippen LogP contribution < -0.4 is 9.64 Å². The van der Waals surface area contributed by atoms with Crippen molar-refractivity contribution in [2.45, 2.75) is 58.2 Å². The van der Waals surface area contributed by atoms with Crippen molar-refractivity contribution >= 4 is 11.6 Å². The van der Waals surface area contributed by atoms with Gasteiger partial charge in [0.15, 0.2) is 5.76 Å². The van der Waals surface area contributed by atoms with Crippen molar-refractivity contribution in [1.29, 1.82) is 0 Å². The van der Waals surface area contributed by atoms with Crippen molar-refractivity contribution in [2.24, 2.45) is 0 Å². The fourth-order valence-corrected chi connectivity index (χ4v) is 5.74. The fraction of sp³-hybridized carbons (Fsp3) is 0.452. The predicted molar refractivity (Wildman–Crippen MR) is 147 cm³/mol. The van der Waals surface area contributed by atoms with Crippen molar-refractivity contribution in [2.75, 3.05) is 38.2 Å². The van der Waals surface area contributed by atoms with Crippen molar-refractivity contribution < 1.29 is 13.9 Å². The van der Waals surface area contributed by atoms with Gasteiger partial charge in [0, 0.05) is 38.8 Å². The van der Waals surface area contributed by atoms with Crippen molar-refractivity contribution in [3.8, 4) is 5.75 Å². The van der Waals surface area contributed by atoms with Crippen molar-refractivity contribution in [3.63, 3.8) is 0 Å². The van der Waals surface area contributed by atoms with E-state index in [0.717, 1.165) is 43.4 Å². The molecule has 3 aromatic rings. The Morgan fingerprint density at radius 3 is 2.41 bits per heavy atom. The molecule has 0 N–H and O–H groups in total. The molecule has 0 spiro atoms. The van der Waals surface area contributed by atoms with E-state index in [1.165, 1.54) is 43.2 Å².